The third-order valence-corrected chi connectivity index (χ3v) is 4.83. The zero-order chi connectivity index (χ0) is 20.1. The van der Waals surface area contributed by atoms with E-state index < -0.39 is 12.0 Å². The molecule has 1 saturated heterocycles. The molecule has 7 heteroatoms. The van der Waals surface area contributed by atoms with Crippen LogP contribution in [0.25, 0.3) is 0 Å². The van der Waals surface area contributed by atoms with E-state index in [0.29, 0.717) is 37.3 Å². The van der Waals surface area contributed by atoms with E-state index in [2.05, 4.69) is 10.8 Å². The standard InChI is InChI=1S/C21H20FN3O3/c1-28-21(27)17-4-2-16(3-5-17)20(26)25-12-10-24(11-13-25)19(14-23)15-6-8-18(22)9-7-15/h2-9,19H,10-13H2,1H3. The first-order valence-corrected chi connectivity index (χ1v) is 8.90. The molecule has 1 heterocycles. The predicted molar refractivity (Wildman–Crippen MR) is 100 cm³/mol. The number of piperazine rings is 1. The van der Waals surface area contributed by atoms with Crippen molar-refractivity contribution >= 4 is 11.9 Å². The molecule has 1 fully saturated rings. The molecule has 2 aromatic carbocycles. The Balaban J connectivity index is 1.62. The van der Waals surface area contributed by atoms with Gasteiger partial charge in [-0.2, -0.15) is 5.26 Å². The van der Waals surface area contributed by atoms with Crippen LogP contribution in [0.1, 0.15) is 32.3 Å². The fourth-order valence-corrected chi connectivity index (χ4v) is 3.24. The first-order chi connectivity index (χ1) is 13.5. The molecule has 0 spiro atoms. The van der Waals surface area contributed by atoms with Gasteiger partial charge in [0, 0.05) is 31.7 Å². The van der Waals surface area contributed by atoms with Crippen molar-refractivity contribution in [3.63, 3.8) is 0 Å². The smallest absolute Gasteiger partial charge is 0.337 e. The minimum atomic E-state index is -0.475. The Labute approximate surface area is 162 Å². The van der Waals surface area contributed by atoms with Crippen molar-refractivity contribution in [2.75, 3.05) is 33.3 Å². The molecule has 3 rings (SSSR count). The second kappa shape index (κ2) is 8.63. The van der Waals surface area contributed by atoms with Gasteiger partial charge in [-0.05, 0) is 42.0 Å². The van der Waals surface area contributed by atoms with Gasteiger partial charge in [0.25, 0.3) is 5.91 Å². The average Bonchev–Trinajstić information content (AvgIpc) is 2.75. The van der Waals surface area contributed by atoms with Gasteiger partial charge < -0.3 is 9.64 Å². The van der Waals surface area contributed by atoms with Crippen LogP contribution in [-0.2, 0) is 4.74 Å². The number of benzene rings is 2. The molecule has 0 aliphatic carbocycles. The molecule has 0 aromatic heterocycles. The second-order valence-electron chi connectivity index (χ2n) is 6.48. The molecule has 1 amide bonds. The number of carbonyl (C=O) groups is 2. The van der Waals surface area contributed by atoms with E-state index >= 15 is 0 Å². The highest BCUT2D eigenvalue weighted by Gasteiger charge is 2.27. The van der Waals surface area contributed by atoms with E-state index in [9.17, 15) is 19.2 Å². The third-order valence-electron chi connectivity index (χ3n) is 4.83. The second-order valence-corrected chi connectivity index (χ2v) is 6.48. The Hall–Kier alpha value is -3.24. The molecule has 144 valence electrons. The lowest BCUT2D eigenvalue weighted by Gasteiger charge is -2.37. The molecule has 1 aliphatic rings. The molecule has 1 unspecified atom stereocenters. The molecule has 1 atom stereocenters. The molecular weight excluding hydrogens is 361 g/mol. The lowest BCUT2D eigenvalue weighted by atomic mass is 10.1. The van der Waals surface area contributed by atoms with E-state index in [-0.39, 0.29) is 11.7 Å². The first-order valence-electron chi connectivity index (χ1n) is 8.90. The van der Waals surface area contributed by atoms with Gasteiger partial charge in [-0.25, -0.2) is 9.18 Å². The van der Waals surface area contributed by atoms with Crippen molar-refractivity contribution in [2.24, 2.45) is 0 Å². The number of nitriles is 1. The number of hydrogen-bond acceptors (Lipinski definition) is 5. The van der Waals surface area contributed by atoms with E-state index in [4.69, 9.17) is 0 Å². The highest BCUT2D eigenvalue weighted by molar-refractivity contribution is 5.96. The number of carbonyl (C=O) groups excluding carboxylic acids is 2. The summed E-state index contributed by atoms with van der Waals surface area (Å²) in [6, 6.07) is 14.1. The van der Waals surface area contributed by atoms with Gasteiger partial charge in [-0.1, -0.05) is 12.1 Å². The maximum atomic E-state index is 13.1. The largest absolute Gasteiger partial charge is 0.465 e. The van der Waals surface area contributed by atoms with Gasteiger partial charge in [-0.15, -0.1) is 0 Å². The molecule has 0 radical (unpaired) electrons. The van der Waals surface area contributed by atoms with Crippen LogP contribution in [0.3, 0.4) is 0 Å². The summed E-state index contributed by atoms with van der Waals surface area (Å²) in [4.78, 5) is 27.9. The normalized spacial score (nSPS) is 15.5. The minimum absolute atomic E-state index is 0.119. The van der Waals surface area contributed by atoms with Gasteiger partial charge in [-0.3, -0.25) is 9.69 Å². The van der Waals surface area contributed by atoms with Crippen LogP contribution >= 0.6 is 0 Å². The summed E-state index contributed by atoms with van der Waals surface area (Å²) < 4.78 is 17.8. The molecule has 6 nitrogen and oxygen atoms in total. The number of halogens is 1. The lowest BCUT2D eigenvalue weighted by molar-refractivity contribution is 0.0591. The summed E-state index contributed by atoms with van der Waals surface area (Å²) in [6.45, 7) is 2.05. The summed E-state index contributed by atoms with van der Waals surface area (Å²) in [5.74, 6) is -0.906. The molecule has 1 aliphatic heterocycles. The van der Waals surface area contributed by atoms with Gasteiger partial charge in [0.05, 0.1) is 18.7 Å². The Morgan fingerprint density at radius 3 is 2.11 bits per heavy atom. The summed E-state index contributed by atoms with van der Waals surface area (Å²) in [5.41, 5.74) is 1.62. The number of methoxy groups -OCH3 is 1. The summed E-state index contributed by atoms with van der Waals surface area (Å²) in [6.07, 6.45) is 0. The molecule has 2 aromatic rings. The number of ether oxygens (including phenoxy) is 1. The highest BCUT2D eigenvalue weighted by atomic mass is 19.1. The van der Waals surface area contributed by atoms with Crippen molar-refractivity contribution in [3.8, 4) is 6.07 Å². The highest BCUT2D eigenvalue weighted by Crippen LogP contribution is 2.22. The number of amides is 1. The van der Waals surface area contributed by atoms with Gasteiger partial charge in [0.1, 0.15) is 11.9 Å². The molecule has 0 saturated carbocycles. The Bertz CT molecular complexity index is 883. The number of esters is 1. The first kappa shape index (κ1) is 19.5. The monoisotopic (exact) mass is 381 g/mol. The van der Waals surface area contributed by atoms with Gasteiger partial charge in [0.15, 0.2) is 0 Å². The van der Waals surface area contributed by atoms with Crippen LogP contribution in [0.4, 0.5) is 4.39 Å². The third kappa shape index (κ3) is 4.18. The van der Waals surface area contributed by atoms with Crippen LogP contribution in [0.15, 0.2) is 48.5 Å². The van der Waals surface area contributed by atoms with E-state index in [1.165, 1.54) is 19.2 Å². The van der Waals surface area contributed by atoms with Gasteiger partial charge >= 0.3 is 5.97 Å². The Kier molecular flexibility index (Phi) is 6.02. The van der Waals surface area contributed by atoms with Crippen LogP contribution in [-0.4, -0.2) is 55.0 Å². The predicted octanol–water partition coefficient (Wildman–Crippen LogP) is 2.63. The zero-order valence-corrected chi connectivity index (χ0v) is 15.5. The van der Waals surface area contributed by atoms with Crippen LogP contribution in [0.5, 0.6) is 0 Å². The molecule has 0 bridgehead atoms. The van der Waals surface area contributed by atoms with Crippen molar-refractivity contribution in [2.45, 2.75) is 6.04 Å². The zero-order valence-electron chi connectivity index (χ0n) is 15.5. The van der Waals surface area contributed by atoms with E-state index in [1.54, 1.807) is 41.3 Å². The van der Waals surface area contributed by atoms with Crippen molar-refractivity contribution < 1.29 is 18.7 Å². The fourth-order valence-electron chi connectivity index (χ4n) is 3.24. The van der Waals surface area contributed by atoms with Crippen molar-refractivity contribution in [3.05, 3.63) is 71.0 Å². The fraction of sp³-hybridized carbons (Fsp3) is 0.286. The van der Waals surface area contributed by atoms with Crippen molar-refractivity contribution in [1.82, 2.24) is 9.80 Å². The maximum absolute atomic E-state index is 13.1. The lowest BCUT2D eigenvalue weighted by Crippen LogP contribution is -2.49. The quantitative estimate of drug-likeness (QED) is 0.762. The SMILES string of the molecule is COC(=O)c1ccc(C(=O)N2CCN(C(C#N)c3ccc(F)cc3)CC2)cc1. The van der Waals surface area contributed by atoms with Crippen molar-refractivity contribution in [1.29, 1.82) is 5.26 Å². The molecular formula is C21H20FN3O3. The van der Waals surface area contributed by atoms with Gasteiger partial charge in [0.2, 0.25) is 0 Å². The van der Waals surface area contributed by atoms with Crippen LogP contribution < -0.4 is 0 Å². The molecule has 0 N–H and O–H groups in total. The Morgan fingerprint density at radius 2 is 1.57 bits per heavy atom. The number of nitrogens with zero attached hydrogens (tertiary/aromatic N) is 3. The number of hydrogen-bond donors (Lipinski definition) is 0. The topological polar surface area (TPSA) is 73.6 Å². The molecule has 28 heavy (non-hydrogen) atoms. The van der Waals surface area contributed by atoms with E-state index in [0.717, 1.165) is 5.56 Å². The number of rotatable bonds is 4. The van der Waals surface area contributed by atoms with Crippen LogP contribution in [0, 0.1) is 17.1 Å². The Morgan fingerprint density at radius 1 is 1.00 bits per heavy atom. The van der Waals surface area contributed by atoms with Crippen LogP contribution in [0.2, 0.25) is 0 Å². The summed E-state index contributed by atoms with van der Waals surface area (Å²) >= 11 is 0. The maximum Gasteiger partial charge on any atom is 0.337 e. The minimum Gasteiger partial charge on any atom is -0.465 e. The summed E-state index contributed by atoms with van der Waals surface area (Å²) in [5, 5.41) is 9.54. The average molecular weight is 381 g/mol. The summed E-state index contributed by atoms with van der Waals surface area (Å²) in [7, 11) is 1.31. The van der Waals surface area contributed by atoms with E-state index in [1.807, 2.05) is 4.90 Å².